The number of aryl methyl sites for hydroxylation is 1. The first kappa shape index (κ1) is 11.8. The molecule has 1 nitrogen and oxygen atoms in total. The maximum atomic E-state index is 11.9. The minimum Gasteiger partial charge on any atom is -0.435 e. The van der Waals surface area contributed by atoms with Crippen molar-refractivity contribution in [1.82, 2.24) is 0 Å². The number of hydrogen-bond donors (Lipinski definition) is 0. The Morgan fingerprint density at radius 1 is 1.47 bits per heavy atom. The van der Waals surface area contributed by atoms with Crippen LogP contribution in [0.2, 0.25) is 0 Å². The van der Waals surface area contributed by atoms with Crippen LogP contribution in [0.15, 0.2) is 18.2 Å². The molecule has 0 unspecified atom stereocenters. The van der Waals surface area contributed by atoms with Crippen LogP contribution < -0.4 is 4.74 Å². The van der Waals surface area contributed by atoms with Crippen molar-refractivity contribution in [2.24, 2.45) is 0 Å². The Morgan fingerprint density at radius 2 is 2.20 bits per heavy atom. The van der Waals surface area contributed by atoms with Crippen molar-refractivity contribution in [1.29, 1.82) is 0 Å². The van der Waals surface area contributed by atoms with Crippen molar-refractivity contribution < 1.29 is 13.5 Å². The van der Waals surface area contributed by atoms with E-state index in [9.17, 15) is 8.78 Å². The number of halogens is 3. The van der Waals surface area contributed by atoms with Crippen molar-refractivity contribution in [2.45, 2.75) is 13.5 Å². The number of alkyl halides is 3. The van der Waals surface area contributed by atoms with Gasteiger partial charge in [-0.25, -0.2) is 0 Å². The normalized spacial score (nSPS) is 9.67. The summed E-state index contributed by atoms with van der Waals surface area (Å²) >= 11 is 5.41. The highest BCUT2D eigenvalue weighted by Crippen LogP contribution is 2.18. The molecule has 0 bridgehead atoms. The highest BCUT2D eigenvalue weighted by Gasteiger charge is 2.05. The van der Waals surface area contributed by atoms with E-state index in [-0.39, 0.29) is 11.6 Å². The van der Waals surface area contributed by atoms with Crippen LogP contribution in [0.5, 0.6) is 5.75 Å². The van der Waals surface area contributed by atoms with Gasteiger partial charge in [0.15, 0.2) is 0 Å². The van der Waals surface area contributed by atoms with E-state index in [1.807, 2.05) is 0 Å². The molecule has 0 aliphatic heterocycles. The quantitative estimate of drug-likeness (QED) is 0.560. The average molecular weight is 231 g/mol. The molecule has 0 aromatic heterocycles. The predicted octanol–water partition coefficient (Wildman–Crippen LogP) is 3.19. The van der Waals surface area contributed by atoms with Crippen molar-refractivity contribution in [3.05, 3.63) is 29.3 Å². The number of ether oxygens (including phenoxy) is 1. The van der Waals surface area contributed by atoms with Gasteiger partial charge in [-0.3, -0.25) is 0 Å². The fourth-order valence-corrected chi connectivity index (χ4v) is 1.15. The molecule has 0 radical (unpaired) electrons. The molecule has 4 heteroatoms. The average Bonchev–Trinajstić information content (AvgIpc) is 2.15. The molecule has 0 amide bonds. The molecule has 0 aliphatic rings. The van der Waals surface area contributed by atoms with Crippen molar-refractivity contribution in [2.75, 3.05) is 5.88 Å². The first-order valence-electron chi connectivity index (χ1n) is 4.24. The van der Waals surface area contributed by atoms with E-state index in [2.05, 4.69) is 16.6 Å². The van der Waals surface area contributed by atoms with Crippen LogP contribution in [0.1, 0.15) is 11.1 Å². The van der Waals surface area contributed by atoms with Gasteiger partial charge in [0.25, 0.3) is 0 Å². The maximum Gasteiger partial charge on any atom is 0.387 e. The standard InChI is InChI=1S/C11H9ClF2O/c1-8-7-10(15-11(13)14)5-4-9(8)3-2-6-12/h4-5,7,11H,6H2,1H3. The molecule has 0 N–H and O–H groups in total. The lowest BCUT2D eigenvalue weighted by Crippen LogP contribution is -2.02. The van der Waals surface area contributed by atoms with E-state index in [1.165, 1.54) is 12.1 Å². The van der Waals surface area contributed by atoms with Gasteiger partial charge in [0.2, 0.25) is 0 Å². The van der Waals surface area contributed by atoms with Gasteiger partial charge < -0.3 is 4.74 Å². The van der Waals surface area contributed by atoms with Crippen molar-refractivity contribution >= 4 is 11.6 Å². The van der Waals surface area contributed by atoms with Gasteiger partial charge in [-0.1, -0.05) is 11.8 Å². The summed E-state index contributed by atoms with van der Waals surface area (Å²) in [6.45, 7) is -1.03. The van der Waals surface area contributed by atoms with Gasteiger partial charge in [-0.15, -0.1) is 11.6 Å². The van der Waals surface area contributed by atoms with E-state index >= 15 is 0 Å². The Labute approximate surface area is 92.0 Å². The second kappa shape index (κ2) is 5.57. The SMILES string of the molecule is Cc1cc(OC(F)F)ccc1C#CCCl. The van der Waals surface area contributed by atoms with Crippen LogP contribution in [0.4, 0.5) is 8.78 Å². The summed E-state index contributed by atoms with van der Waals surface area (Å²) in [6.07, 6.45) is 0. The minimum absolute atomic E-state index is 0.138. The lowest BCUT2D eigenvalue weighted by Gasteiger charge is -2.05. The Balaban J connectivity index is 2.88. The monoisotopic (exact) mass is 230 g/mol. The molecule has 0 heterocycles. The fraction of sp³-hybridized carbons (Fsp3) is 0.273. The molecule has 0 saturated heterocycles. The van der Waals surface area contributed by atoms with Gasteiger partial charge in [0.1, 0.15) is 5.75 Å². The molecule has 80 valence electrons. The zero-order valence-corrected chi connectivity index (χ0v) is 8.81. The van der Waals surface area contributed by atoms with Crippen LogP contribution >= 0.6 is 11.6 Å². The van der Waals surface area contributed by atoms with Crippen LogP contribution in [0.25, 0.3) is 0 Å². The van der Waals surface area contributed by atoms with Gasteiger partial charge in [0.05, 0.1) is 5.88 Å². The van der Waals surface area contributed by atoms with E-state index < -0.39 is 6.61 Å². The molecule has 1 aromatic carbocycles. The second-order valence-electron chi connectivity index (χ2n) is 2.79. The predicted molar refractivity (Wildman–Crippen MR) is 55.4 cm³/mol. The summed E-state index contributed by atoms with van der Waals surface area (Å²) in [7, 11) is 0. The molecular weight excluding hydrogens is 222 g/mol. The summed E-state index contributed by atoms with van der Waals surface area (Å²) < 4.78 is 28.0. The zero-order valence-electron chi connectivity index (χ0n) is 8.06. The fourth-order valence-electron chi connectivity index (χ4n) is 1.08. The summed E-state index contributed by atoms with van der Waals surface area (Å²) in [6, 6.07) is 4.61. The first-order chi connectivity index (χ1) is 7.13. The van der Waals surface area contributed by atoms with Gasteiger partial charge >= 0.3 is 6.61 Å². The molecule has 0 atom stereocenters. The molecule has 15 heavy (non-hydrogen) atoms. The van der Waals surface area contributed by atoms with Crippen LogP contribution in [0, 0.1) is 18.8 Å². The molecule has 0 fully saturated rings. The largest absolute Gasteiger partial charge is 0.435 e. The minimum atomic E-state index is -2.80. The molecule has 0 aliphatic carbocycles. The lowest BCUT2D eigenvalue weighted by molar-refractivity contribution is -0.0498. The number of benzene rings is 1. The van der Waals surface area contributed by atoms with Crippen molar-refractivity contribution in [3.63, 3.8) is 0 Å². The third-order valence-electron chi connectivity index (χ3n) is 1.71. The highest BCUT2D eigenvalue weighted by atomic mass is 35.5. The van der Waals surface area contributed by atoms with Gasteiger partial charge in [-0.2, -0.15) is 8.78 Å². The topological polar surface area (TPSA) is 9.23 Å². The molecule has 1 aromatic rings. The van der Waals surface area contributed by atoms with E-state index in [0.717, 1.165) is 11.1 Å². The zero-order chi connectivity index (χ0) is 11.3. The molecular formula is C11H9ClF2O. The third-order valence-corrected chi connectivity index (χ3v) is 1.85. The Morgan fingerprint density at radius 3 is 2.73 bits per heavy atom. The summed E-state index contributed by atoms with van der Waals surface area (Å²) in [5, 5.41) is 0. The Hall–Kier alpha value is -1.27. The van der Waals surface area contributed by atoms with Crippen LogP contribution in [-0.4, -0.2) is 12.5 Å². The van der Waals surface area contributed by atoms with Gasteiger partial charge in [0, 0.05) is 5.56 Å². The summed E-state index contributed by atoms with van der Waals surface area (Å²) in [4.78, 5) is 0. The van der Waals surface area contributed by atoms with E-state index in [4.69, 9.17) is 11.6 Å². The Kier molecular flexibility index (Phi) is 4.38. The van der Waals surface area contributed by atoms with Crippen LogP contribution in [0.3, 0.4) is 0 Å². The van der Waals surface area contributed by atoms with E-state index in [1.54, 1.807) is 13.0 Å². The Bertz CT molecular complexity index is 393. The van der Waals surface area contributed by atoms with Gasteiger partial charge in [-0.05, 0) is 30.7 Å². The number of rotatable bonds is 2. The molecule has 0 spiro atoms. The second-order valence-corrected chi connectivity index (χ2v) is 3.06. The summed E-state index contributed by atoms with van der Waals surface area (Å²) in [5.41, 5.74) is 1.54. The van der Waals surface area contributed by atoms with Crippen LogP contribution in [-0.2, 0) is 0 Å². The summed E-state index contributed by atoms with van der Waals surface area (Å²) in [5.74, 6) is 5.89. The van der Waals surface area contributed by atoms with E-state index in [0.29, 0.717) is 0 Å². The maximum absolute atomic E-state index is 11.9. The molecule has 1 rings (SSSR count). The first-order valence-corrected chi connectivity index (χ1v) is 4.77. The molecule has 0 saturated carbocycles. The number of hydrogen-bond acceptors (Lipinski definition) is 1. The van der Waals surface area contributed by atoms with Crippen molar-refractivity contribution in [3.8, 4) is 17.6 Å². The third kappa shape index (κ3) is 3.77. The highest BCUT2D eigenvalue weighted by molar-refractivity contribution is 6.19. The smallest absolute Gasteiger partial charge is 0.387 e. The lowest BCUT2D eigenvalue weighted by atomic mass is 10.1.